The summed E-state index contributed by atoms with van der Waals surface area (Å²) in [6.07, 6.45) is 2.10. The molecule has 1 atom stereocenters. The molecule has 6 nitrogen and oxygen atoms in total. The highest BCUT2D eigenvalue weighted by Crippen LogP contribution is 2.24. The lowest BCUT2D eigenvalue weighted by atomic mass is 10.1. The van der Waals surface area contributed by atoms with Gasteiger partial charge >= 0.3 is 0 Å². The third kappa shape index (κ3) is 5.24. The van der Waals surface area contributed by atoms with Crippen molar-refractivity contribution in [3.8, 4) is 5.75 Å². The van der Waals surface area contributed by atoms with Gasteiger partial charge in [0.05, 0.1) is 18.1 Å². The maximum atomic E-state index is 11.5. The van der Waals surface area contributed by atoms with Crippen LogP contribution in [0.15, 0.2) is 40.0 Å². The molecule has 2 aromatic rings. The van der Waals surface area contributed by atoms with Crippen molar-refractivity contribution in [2.75, 3.05) is 23.9 Å². The Balaban J connectivity index is 1.35. The van der Waals surface area contributed by atoms with Crippen LogP contribution in [-0.4, -0.2) is 42.5 Å². The summed E-state index contributed by atoms with van der Waals surface area (Å²) in [5, 5.41) is 8.55. The first-order chi connectivity index (χ1) is 11.6. The summed E-state index contributed by atoms with van der Waals surface area (Å²) in [6.45, 7) is 0.637. The molecular weight excluding hydrogens is 348 g/mol. The molecule has 1 unspecified atom stereocenters. The fourth-order valence-corrected chi connectivity index (χ4v) is 5.14. The van der Waals surface area contributed by atoms with Crippen molar-refractivity contribution in [3.63, 3.8) is 0 Å². The van der Waals surface area contributed by atoms with Gasteiger partial charge < -0.3 is 9.15 Å². The first kappa shape index (κ1) is 17.3. The van der Waals surface area contributed by atoms with Crippen molar-refractivity contribution >= 4 is 21.6 Å². The van der Waals surface area contributed by atoms with Gasteiger partial charge in [-0.05, 0) is 30.9 Å². The van der Waals surface area contributed by atoms with E-state index in [9.17, 15) is 8.42 Å². The Kier molecular flexibility index (Phi) is 5.78. The van der Waals surface area contributed by atoms with Crippen LogP contribution in [0.5, 0.6) is 5.75 Å². The number of sulfone groups is 1. The predicted octanol–water partition coefficient (Wildman–Crippen LogP) is 2.61. The number of nitrogens with zero attached hydrogens (tertiary/aromatic N) is 2. The number of hydrogen-bond acceptors (Lipinski definition) is 7. The van der Waals surface area contributed by atoms with Gasteiger partial charge in [0.2, 0.25) is 5.89 Å². The molecule has 0 N–H and O–H groups in total. The van der Waals surface area contributed by atoms with Gasteiger partial charge in [0.1, 0.15) is 5.75 Å². The minimum absolute atomic E-state index is 0.104. The van der Waals surface area contributed by atoms with Crippen LogP contribution in [0, 0.1) is 5.92 Å². The van der Waals surface area contributed by atoms with Crippen LogP contribution in [0.4, 0.5) is 0 Å². The van der Waals surface area contributed by atoms with Gasteiger partial charge in [-0.3, -0.25) is 0 Å². The molecule has 2 heterocycles. The summed E-state index contributed by atoms with van der Waals surface area (Å²) in [6, 6.07) is 9.71. The van der Waals surface area contributed by atoms with E-state index in [0.717, 1.165) is 17.9 Å². The van der Waals surface area contributed by atoms with Crippen molar-refractivity contribution in [1.82, 2.24) is 10.2 Å². The molecule has 1 fully saturated rings. The largest absolute Gasteiger partial charge is 0.494 e. The lowest BCUT2D eigenvalue weighted by Crippen LogP contribution is -2.07. The van der Waals surface area contributed by atoms with Crippen LogP contribution in [0.2, 0.25) is 0 Å². The normalized spacial score (nSPS) is 19.4. The topological polar surface area (TPSA) is 82.3 Å². The number of benzene rings is 1. The highest BCUT2D eigenvalue weighted by molar-refractivity contribution is 7.99. The van der Waals surface area contributed by atoms with Crippen LogP contribution < -0.4 is 4.74 Å². The van der Waals surface area contributed by atoms with Gasteiger partial charge in [-0.2, -0.15) is 0 Å². The third-order valence-corrected chi connectivity index (χ3v) is 6.51. The van der Waals surface area contributed by atoms with Crippen LogP contribution in [0.3, 0.4) is 0 Å². The number of thioether (sulfide) groups is 1. The molecule has 1 aliphatic heterocycles. The number of rotatable bonds is 8. The Bertz CT molecular complexity index is 746. The van der Waals surface area contributed by atoms with E-state index in [-0.39, 0.29) is 17.4 Å². The van der Waals surface area contributed by atoms with Gasteiger partial charge in [-0.15, -0.1) is 10.2 Å². The molecule has 1 aromatic carbocycles. The molecule has 0 bridgehead atoms. The Hall–Kier alpha value is -1.54. The summed E-state index contributed by atoms with van der Waals surface area (Å²) >= 11 is 1.50. The maximum absolute atomic E-state index is 11.5. The summed E-state index contributed by atoms with van der Waals surface area (Å²) in [4.78, 5) is 0. The van der Waals surface area contributed by atoms with E-state index in [1.165, 1.54) is 11.8 Å². The van der Waals surface area contributed by atoms with E-state index in [1.54, 1.807) is 0 Å². The molecule has 0 radical (unpaired) electrons. The van der Waals surface area contributed by atoms with Crippen LogP contribution in [0.1, 0.15) is 18.7 Å². The zero-order valence-electron chi connectivity index (χ0n) is 13.3. The van der Waals surface area contributed by atoms with Gasteiger partial charge in [0.25, 0.3) is 5.22 Å². The molecule has 1 aliphatic rings. The fraction of sp³-hybridized carbons (Fsp3) is 0.500. The van der Waals surface area contributed by atoms with E-state index in [1.807, 2.05) is 30.3 Å². The van der Waals surface area contributed by atoms with Crippen LogP contribution in [-0.2, 0) is 16.3 Å². The summed E-state index contributed by atoms with van der Waals surface area (Å²) in [7, 11) is -2.86. The number of hydrogen-bond donors (Lipinski definition) is 0. The lowest BCUT2D eigenvalue weighted by molar-refractivity contribution is 0.318. The molecular formula is C16H20N2O4S2. The Morgan fingerprint density at radius 1 is 1.25 bits per heavy atom. The highest BCUT2D eigenvalue weighted by Gasteiger charge is 2.29. The SMILES string of the molecule is O=S1(=O)CCC(Cc2nnc(SCCCOc3ccccc3)o2)C1. The molecule has 0 spiro atoms. The van der Waals surface area contributed by atoms with Gasteiger partial charge in [-0.25, -0.2) is 8.42 Å². The van der Waals surface area contributed by atoms with Crippen molar-refractivity contribution in [3.05, 3.63) is 36.2 Å². The highest BCUT2D eigenvalue weighted by atomic mass is 32.2. The Labute approximate surface area is 145 Å². The van der Waals surface area contributed by atoms with E-state index in [0.29, 0.717) is 30.6 Å². The van der Waals surface area contributed by atoms with Crippen LogP contribution >= 0.6 is 11.8 Å². The molecule has 8 heteroatoms. The maximum Gasteiger partial charge on any atom is 0.276 e. The minimum atomic E-state index is -2.86. The zero-order chi connectivity index (χ0) is 16.8. The van der Waals surface area contributed by atoms with Gasteiger partial charge in [-0.1, -0.05) is 30.0 Å². The summed E-state index contributed by atoms with van der Waals surface area (Å²) < 4.78 is 34.1. The quantitative estimate of drug-likeness (QED) is 0.523. The molecule has 130 valence electrons. The van der Waals surface area contributed by atoms with E-state index in [2.05, 4.69) is 10.2 Å². The third-order valence-electron chi connectivity index (χ3n) is 3.76. The van der Waals surface area contributed by atoms with Gasteiger partial charge in [0, 0.05) is 12.2 Å². The van der Waals surface area contributed by atoms with Crippen molar-refractivity contribution in [2.45, 2.75) is 24.5 Å². The van der Waals surface area contributed by atoms with Crippen molar-refractivity contribution < 1.29 is 17.6 Å². The van der Waals surface area contributed by atoms with Crippen molar-refractivity contribution in [2.24, 2.45) is 5.92 Å². The van der Waals surface area contributed by atoms with E-state index >= 15 is 0 Å². The van der Waals surface area contributed by atoms with Gasteiger partial charge in [0.15, 0.2) is 9.84 Å². The lowest BCUT2D eigenvalue weighted by Gasteiger charge is -2.04. The first-order valence-corrected chi connectivity index (χ1v) is 10.7. The predicted molar refractivity (Wildman–Crippen MR) is 92.0 cm³/mol. The standard InChI is InChI=1S/C16H20N2O4S2/c19-24(20)10-7-13(12-24)11-15-17-18-16(22-15)23-9-4-8-21-14-5-2-1-3-6-14/h1-3,5-6,13H,4,7-12H2. The summed E-state index contributed by atoms with van der Waals surface area (Å²) in [5.41, 5.74) is 0. The molecule has 1 aromatic heterocycles. The second-order valence-electron chi connectivity index (χ2n) is 5.80. The number of ether oxygens (including phenoxy) is 1. The number of aromatic nitrogens is 2. The fourth-order valence-electron chi connectivity index (χ4n) is 2.58. The minimum Gasteiger partial charge on any atom is -0.494 e. The second kappa shape index (κ2) is 8.02. The Morgan fingerprint density at radius 3 is 2.83 bits per heavy atom. The summed E-state index contributed by atoms with van der Waals surface area (Å²) in [5.74, 6) is 2.83. The van der Waals surface area contributed by atoms with E-state index < -0.39 is 9.84 Å². The second-order valence-corrected chi connectivity index (χ2v) is 9.07. The van der Waals surface area contributed by atoms with Crippen molar-refractivity contribution in [1.29, 1.82) is 0 Å². The molecule has 24 heavy (non-hydrogen) atoms. The van der Waals surface area contributed by atoms with E-state index in [4.69, 9.17) is 9.15 Å². The van der Waals surface area contributed by atoms with Crippen LogP contribution in [0.25, 0.3) is 0 Å². The number of para-hydroxylation sites is 1. The Morgan fingerprint density at radius 2 is 2.08 bits per heavy atom. The first-order valence-electron chi connectivity index (χ1n) is 7.94. The smallest absolute Gasteiger partial charge is 0.276 e. The molecule has 3 rings (SSSR count). The zero-order valence-corrected chi connectivity index (χ0v) is 14.9. The average molecular weight is 368 g/mol. The molecule has 0 amide bonds. The molecule has 0 saturated carbocycles. The average Bonchev–Trinajstić information content (AvgIpc) is 3.14. The molecule has 0 aliphatic carbocycles. The molecule has 1 saturated heterocycles. The monoisotopic (exact) mass is 368 g/mol.